The summed E-state index contributed by atoms with van der Waals surface area (Å²) in [5, 5.41) is 0. The van der Waals surface area contributed by atoms with Crippen LogP contribution in [0, 0.1) is 5.92 Å². The van der Waals surface area contributed by atoms with Crippen LogP contribution in [0.3, 0.4) is 0 Å². The van der Waals surface area contributed by atoms with Crippen molar-refractivity contribution >= 4 is 17.7 Å². The van der Waals surface area contributed by atoms with E-state index in [0.29, 0.717) is 18.8 Å². The highest BCUT2D eigenvalue weighted by Crippen LogP contribution is 2.24. The van der Waals surface area contributed by atoms with E-state index in [1.807, 2.05) is 0 Å². The Labute approximate surface area is 132 Å². The molecule has 124 valence electrons. The van der Waals surface area contributed by atoms with Crippen molar-refractivity contribution in [3.05, 3.63) is 11.6 Å². The molecular weight excluding hydrogens is 282 g/mol. The number of carbonyl (C=O) groups excluding carboxylic acids is 2. The number of nitrogens with zero attached hydrogens (tertiary/aromatic N) is 1. The molecule has 5 nitrogen and oxygen atoms in total. The molecule has 22 heavy (non-hydrogen) atoms. The minimum atomic E-state index is -0.158. The molecule has 1 heterocycles. The van der Waals surface area contributed by atoms with Crippen molar-refractivity contribution in [2.45, 2.75) is 51.9 Å². The van der Waals surface area contributed by atoms with Crippen LogP contribution in [-0.4, -0.2) is 38.4 Å². The molecule has 0 aromatic carbocycles. The maximum absolute atomic E-state index is 11.1. The third kappa shape index (κ3) is 6.41. The number of methoxy groups -OCH3 is 2. The summed E-state index contributed by atoms with van der Waals surface area (Å²) in [5.74, 6) is 0.142. The molecule has 0 amide bonds. The highest BCUT2D eigenvalue weighted by Gasteiger charge is 2.20. The lowest BCUT2D eigenvalue weighted by Crippen LogP contribution is -2.06. The molecule has 0 fully saturated rings. The Bertz CT molecular complexity index is 440. The lowest BCUT2D eigenvalue weighted by molar-refractivity contribution is -0.141. The van der Waals surface area contributed by atoms with Gasteiger partial charge < -0.3 is 9.47 Å². The van der Waals surface area contributed by atoms with Gasteiger partial charge in [-0.05, 0) is 37.7 Å². The molecule has 1 unspecified atom stereocenters. The van der Waals surface area contributed by atoms with Gasteiger partial charge >= 0.3 is 11.9 Å². The third-order valence-electron chi connectivity index (χ3n) is 3.87. The standard InChI is InChI=1S/C17H27NO4/c1-13-12-18-15(9-5-7-11-17(20)22-3)14(13)8-4-6-10-16(19)21-2/h8,13H,4-7,9-12H2,1-3H3/b14-8+. The van der Waals surface area contributed by atoms with Crippen molar-refractivity contribution < 1.29 is 19.1 Å². The van der Waals surface area contributed by atoms with E-state index in [1.54, 1.807) is 0 Å². The summed E-state index contributed by atoms with van der Waals surface area (Å²) >= 11 is 0. The van der Waals surface area contributed by atoms with E-state index >= 15 is 0 Å². The highest BCUT2D eigenvalue weighted by atomic mass is 16.5. The van der Waals surface area contributed by atoms with Gasteiger partial charge in [0.05, 0.1) is 14.2 Å². The van der Waals surface area contributed by atoms with Gasteiger partial charge in [0.25, 0.3) is 0 Å². The van der Waals surface area contributed by atoms with Crippen molar-refractivity contribution in [2.75, 3.05) is 20.8 Å². The van der Waals surface area contributed by atoms with Crippen LogP contribution in [-0.2, 0) is 19.1 Å². The Kier molecular flexibility index (Phi) is 8.48. The van der Waals surface area contributed by atoms with E-state index in [1.165, 1.54) is 19.8 Å². The second kappa shape index (κ2) is 10.1. The van der Waals surface area contributed by atoms with Crippen LogP contribution < -0.4 is 0 Å². The average Bonchev–Trinajstić information content (AvgIpc) is 2.87. The van der Waals surface area contributed by atoms with Gasteiger partial charge in [0.1, 0.15) is 0 Å². The molecule has 0 bridgehead atoms. The van der Waals surface area contributed by atoms with Gasteiger partial charge in [0, 0.05) is 31.0 Å². The molecule has 0 aromatic rings. The Morgan fingerprint density at radius 1 is 1.14 bits per heavy atom. The number of rotatable bonds is 9. The summed E-state index contributed by atoms with van der Waals surface area (Å²) in [6.45, 7) is 3.02. The van der Waals surface area contributed by atoms with E-state index in [9.17, 15) is 9.59 Å². The Balaban J connectivity index is 2.35. The van der Waals surface area contributed by atoms with Crippen molar-refractivity contribution in [2.24, 2.45) is 10.9 Å². The minimum Gasteiger partial charge on any atom is -0.469 e. The molecule has 1 aliphatic heterocycles. The van der Waals surface area contributed by atoms with E-state index < -0.39 is 0 Å². The van der Waals surface area contributed by atoms with Gasteiger partial charge in [0.2, 0.25) is 0 Å². The maximum atomic E-state index is 11.1. The predicted molar refractivity (Wildman–Crippen MR) is 85.9 cm³/mol. The normalized spacial score (nSPS) is 19.1. The molecule has 0 spiro atoms. The van der Waals surface area contributed by atoms with Crippen LogP contribution in [0.4, 0.5) is 0 Å². The summed E-state index contributed by atoms with van der Waals surface area (Å²) in [6.07, 6.45) is 7.49. The monoisotopic (exact) mass is 309 g/mol. The minimum absolute atomic E-state index is 0.152. The molecule has 1 atom stereocenters. The predicted octanol–water partition coefficient (Wildman–Crippen LogP) is 3.08. The van der Waals surface area contributed by atoms with Gasteiger partial charge in [-0.3, -0.25) is 14.6 Å². The van der Waals surface area contributed by atoms with Gasteiger partial charge in [0.15, 0.2) is 0 Å². The summed E-state index contributed by atoms with van der Waals surface area (Å²) in [5.41, 5.74) is 2.47. The Morgan fingerprint density at radius 2 is 1.77 bits per heavy atom. The third-order valence-corrected chi connectivity index (χ3v) is 3.87. The molecule has 1 rings (SSSR count). The van der Waals surface area contributed by atoms with Crippen LogP contribution in [0.1, 0.15) is 51.9 Å². The number of allylic oxidation sites excluding steroid dienone is 1. The topological polar surface area (TPSA) is 65.0 Å². The smallest absolute Gasteiger partial charge is 0.305 e. The van der Waals surface area contributed by atoms with Crippen LogP contribution in [0.5, 0.6) is 0 Å². The van der Waals surface area contributed by atoms with Gasteiger partial charge in [-0.15, -0.1) is 0 Å². The first-order valence-electron chi connectivity index (χ1n) is 7.95. The summed E-state index contributed by atoms with van der Waals surface area (Å²) < 4.78 is 9.27. The number of hydrogen-bond donors (Lipinski definition) is 0. The van der Waals surface area contributed by atoms with Crippen LogP contribution in [0.25, 0.3) is 0 Å². The molecule has 0 saturated heterocycles. The zero-order chi connectivity index (χ0) is 16.4. The van der Waals surface area contributed by atoms with Gasteiger partial charge in [-0.1, -0.05) is 13.0 Å². The largest absolute Gasteiger partial charge is 0.469 e. The second-order valence-corrected chi connectivity index (χ2v) is 5.60. The lowest BCUT2D eigenvalue weighted by Gasteiger charge is -2.08. The molecule has 0 aromatic heterocycles. The summed E-state index contributed by atoms with van der Waals surface area (Å²) in [7, 11) is 2.83. The molecule has 0 radical (unpaired) electrons. The van der Waals surface area contributed by atoms with Gasteiger partial charge in [-0.2, -0.15) is 0 Å². The van der Waals surface area contributed by atoms with Crippen molar-refractivity contribution in [3.63, 3.8) is 0 Å². The van der Waals surface area contributed by atoms with E-state index in [-0.39, 0.29) is 11.9 Å². The number of unbranched alkanes of at least 4 members (excludes halogenated alkanes) is 2. The van der Waals surface area contributed by atoms with E-state index in [2.05, 4.69) is 27.5 Å². The fourth-order valence-corrected chi connectivity index (χ4v) is 2.53. The zero-order valence-corrected chi connectivity index (χ0v) is 13.9. The number of hydrogen-bond acceptors (Lipinski definition) is 5. The Hall–Kier alpha value is -1.65. The van der Waals surface area contributed by atoms with E-state index in [4.69, 9.17) is 0 Å². The number of aliphatic imine (C=N–C) groups is 1. The van der Waals surface area contributed by atoms with Gasteiger partial charge in [-0.25, -0.2) is 0 Å². The first-order valence-corrected chi connectivity index (χ1v) is 7.95. The first kappa shape index (κ1) is 18.4. The number of ether oxygens (including phenoxy) is 2. The highest BCUT2D eigenvalue weighted by molar-refractivity contribution is 6.02. The van der Waals surface area contributed by atoms with Crippen molar-refractivity contribution in [1.82, 2.24) is 0 Å². The van der Waals surface area contributed by atoms with Crippen molar-refractivity contribution in [1.29, 1.82) is 0 Å². The van der Waals surface area contributed by atoms with Crippen molar-refractivity contribution in [3.8, 4) is 0 Å². The summed E-state index contributed by atoms with van der Waals surface area (Å²) in [6, 6.07) is 0. The molecule has 5 heteroatoms. The molecule has 0 aliphatic carbocycles. The molecular formula is C17H27NO4. The molecule has 0 saturated carbocycles. The molecule has 0 N–H and O–H groups in total. The fourth-order valence-electron chi connectivity index (χ4n) is 2.53. The zero-order valence-electron chi connectivity index (χ0n) is 13.9. The Morgan fingerprint density at radius 3 is 2.41 bits per heavy atom. The van der Waals surface area contributed by atoms with Crippen LogP contribution in [0.2, 0.25) is 0 Å². The fraction of sp³-hybridized carbons (Fsp3) is 0.706. The number of esters is 2. The maximum Gasteiger partial charge on any atom is 0.305 e. The average molecular weight is 309 g/mol. The second-order valence-electron chi connectivity index (χ2n) is 5.60. The van der Waals surface area contributed by atoms with Crippen LogP contribution >= 0.6 is 0 Å². The lowest BCUT2D eigenvalue weighted by atomic mass is 9.95. The van der Waals surface area contributed by atoms with Crippen LogP contribution in [0.15, 0.2) is 16.6 Å². The SMILES string of the molecule is COC(=O)CCC/C=C1/C(CCCCC(=O)OC)=NCC1C. The first-order chi connectivity index (χ1) is 10.6. The molecule has 1 aliphatic rings. The quantitative estimate of drug-likeness (QED) is 0.485. The van der Waals surface area contributed by atoms with E-state index in [0.717, 1.165) is 44.4 Å². The summed E-state index contributed by atoms with van der Waals surface area (Å²) in [4.78, 5) is 26.8. The number of carbonyl (C=O) groups is 2.